The van der Waals surface area contributed by atoms with Crippen LogP contribution in [-0.4, -0.2) is 11.8 Å². The van der Waals surface area contributed by atoms with E-state index < -0.39 is 0 Å². The van der Waals surface area contributed by atoms with Crippen LogP contribution in [0.2, 0.25) is 0 Å². The standard InChI is InChI=1S/C18H23NO2/c20-17-13-16(14-9-5-2-1-3-6-10-14)18(21)19(17)15-11-7-4-8-12-15/h4,7-8,11-12,14,16H,1-3,5-6,9-10,13H2. The number of benzene rings is 1. The predicted octanol–water partition coefficient (Wildman–Crippen LogP) is 3.93. The van der Waals surface area contributed by atoms with Gasteiger partial charge in [0.15, 0.2) is 0 Å². The molecule has 1 atom stereocenters. The van der Waals surface area contributed by atoms with Gasteiger partial charge in [-0.05, 0) is 30.9 Å². The molecule has 1 aromatic rings. The van der Waals surface area contributed by atoms with Crippen molar-refractivity contribution < 1.29 is 9.59 Å². The van der Waals surface area contributed by atoms with E-state index in [4.69, 9.17) is 0 Å². The lowest BCUT2D eigenvalue weighted by molar-refractivity contribution is -0.123. The van der Waals surface area contributed by atoms with Gasteiger partial charge in [0.05, 0.1) is 11.6 Å². The quantitative estimate of drug-likeness (QED) is 0.772. The van der Waals surface area contributed by atoms with Gasteiger partial charge in [-0.25, -0.2) is 0 Å². The molecule has 0 radical (unpaired) electrons. The minimum atomic E-state index is -0.0872. The summed E-state index contributed by atoms with van der Waals surface area (Å²) in [6, 6.07) is 9.34. The molecule has 1 aliphatic heterocycles. The number of hydrogen-bond acceptors (Lipinski definition) is 2. The van der Waals surface area contributed by atoms with Crippen LogP contribution < -0.4 is 4.90 Å². The van der Waals surface area contributed by atoms with Crippen molar-refractivity contribution in [2.45, 2.75) is 51.4 Å². The van der Waals surface area contributed by atoms with Crippen LogP contribution in [0.3, 0.4) is 0 Å². The third kappa shape index (κ3) is 3.02. The van der Waals surface area contributed by atoms with Crippen molar-refractivity contribution in [2.24, 2.45) is 11.8 Å². The number of carbonyl (C=O) groups excluding carboxylic acids is 2. The first-order chi connectivity index (χ1) is 10.3. The molecule has 0 bridgehead atoms. The summed E-state index contributed by atoms with van der Waals surface area (Å²) < 4.78 is 0. The summed E-state index contributed by atoms with van der Waals surface area (Å²) in [6.07, 6.45) is 8.88. The summed E-state index contributed by atoms with van der Waals surface area (Å²) in [5.41, 5.74) is 0.723. The largest absolute Gasteiger partial charge is 0.274 e. The molecule has 21 heavy (non-hydrogen) atoms. The first-order valence-electron chi connectivity index (χ1n) is 8.19. The zero-order chi connectivity index (χ0) is 14.7. The average molecular weight is 285 g/mol. The molecule has 2 fully saturated rings. The van der Waals surface area contributed by atoms with E-state index in [-0.39, 0.29) is 17.7 Å². The second-order valence-electron chi connectivity index (χ2n) is 6.32. The van der Waals surface area contributed by atoms with Gasteiger partial charge < -0.3 is 0 Å². The Hall–Kier alpha value is -1.64. The number of para-hydroxylation sites is 1. The summed E-state index contributed by atoms with van der Waals surface area (Å²) in [4.78, 5) is 26.4. The highest BCUT2D eigenvalue weighted by Crippen LogP contribution is 2.36. The molecule has 3 nitrogen and oxygen atoms in total. The minimum absolute atomic E-state index is 0.0248. The van der Waals surface area contributed by atoms with Gasteiger partial charge >= 0.3 is 0 Å². The summed E-state index contributed by atoms with van der Waals surface area (Å²) in [5, 5.41) is 0. The van der Waals surface area contributed by atoms with E-state index in [1.54, 1.807) is 0 Å². The maximum absolute atomic E-state index is 12.7. The van der Waals surface area contributed by atoms with Gasteiger partial charge in [0.2, 0.25) is 11.8 Å². The molecule has 1 saturated heterocycles. The van der Waals surface area contributed by atoms with Crippen LogP contribution >= 0.6 is 0 Å². The molecule has 1 aromatic carbocycles. The first-order valence-corrected chi connectivity index (χ1v) is 8.19. The summed E-state index contributed by atoms with van der Waals surface area (Å²) in [5.74, 6) is 0.307. The van der Waals surface area contributed by atoms with E-state index in [0.717, 1.165) is 18.5 Å². The van der Waals surface area contributed by atoms with E-state index in [2.05, 4.69) is 0 Å². The number of hydrogen-bond donors (Lipinski definition) is 0. The zero-order valence-corrected chi connectivity index (χ0v) is 12.5. The Balaban J connectivity index is 1.76. The fourth-order valence-corrected chi connectivity index (χ4v) is 3.76. The van der Waals surface area contributed by atoms with E-state index in [0.29, 0.717) is 12.3 Å². The van der Waals surface area contributed by atoms with Gasteiger partial charge in [-0.3, -0.25) is 14.5 Å². The molecule has 1 saturated carbocycles. The molecule has 3 rings (SSSR count). The van der Waals surface area contributed by atoms with Crippen LogP contribution in [0.25, 0.3) is 0 Å². The topological polar surface area (TPSA) is 37.4 Å². The third-order valence-corrected chi connectivity index (χ3v) is 4.91. The normalized spacial score (nSPS) is 25.0. The van der Waals surface area contributed by atoms with Crippen molar-refractivity contribution in [3.8, 4) is 0 Å². The highest BCUT2D eigenvalue weighted by atomic mass is 16.2. The molecular formula is C18H23NO2. The van der Waals surface area contributed by atoms with E-state index in [9.17, 15) is 9.59 Å². The van der Waals surface area contributed by atoms with Crippen LogP contribution in [0.4, 0.5) is 5.69 Å². The highest BCUT2D eigenvalue weighted by molar-refractivity contribution is 6.21. The van der Waals surface area contributed by atoms with Crippen LogP contribution in [0, 0.1) is 11.8 Å². The van der Waals surface area contributed by atoms with E-state index in [1.807, 2.05) is 30.3 Å². The smallest absolute Gasteiger partial charge is 0.237 e. The monoisotopic (exact) mass is 285 g/mol. The Morgan fingerprint density at radius 2 is 1.48 bits per heavy atom. The van der Waals surface area contributed by atoms with Crippen molar-refractivity contribution in [1.82, 2.24) is 0 Å². The van der Waals surface area contributed by atoms with Crippen LogP contribution in [-0.2, 0) is 9.59 Å². The molecule has 1 heterocycles. The fourth-order valence-electron chi connectivity index (χ4n) is 3.76. The average Bonchev–Trinajstić information content (AvgIpc) is 2.75. The molecule has 112 valence electrons. The summed E-state index contributed by atoms with van der Waals surface area (Å²) in [6.45, 7) is 0. The van der Waals surface area contributed by atoms with Gasteiger partial charge in [0.25, 0.3) is 0 Å². The number of amides is 2. The second-order valence-corrected chi connectivity index (χ2v) is 6.32. The Kier molecular flexibility index (Phi) is 4.37. The number of anilines is 1. The molecule has 0 spiro atoms. The summed E-state index contributed by atoms with van der Waals surface area (Å²) in [7, 11) is 0. The SMILES string of the molecule is O=C1CC(C2CCCCCCC2)C(=O)N1c1ccccc1. The lowest BCUT2D eigenvalue weighted by Gasteiger charge is -2.24. The van der Waals surface area contributed by atoms with Gasteiger partial charge in [-0.1, -0.05) is 50.3 Å². The molecule has 0 aromatic heterocycles. The Labute approximate surface area is 126 Å². The number of imide groups is 1. The van der Waals surface area contributed by atoms with Crippen LogP contribution in [0.5, 0.6) is 0 Å². The summed E-state index contributed by atoms with van der Waals surface area (Å²) >= 11 is 0. The lowest BCUT2D eigenvalue weighted by Crippen LogP contribution is -2.32. The molecule has 0 N–H and O–H groups in total. The number of rotatable bonds is 2. The van der Waals surface area contributed by atoms with Gasteiger partial charge in [0.1, 0.15) is 0 Å². The Bertz CT molecular complexity index is 503. The van der Waals surface area contributed by atoms with Crippen LogP contribution in [0.1, 0.15) is 51.4 Å². The van der Waals surface area contributed by atoms with E-state index >= 15 is 0 Å². The Morgan fingerprint density at radius 1 is 0.857 bits per heavy atom. The van der Waals surface area contributed by atoms with Crippen LogP contribution in [0.15, 0.2) is 30.3 Å². The number of nitrogens with zero attached hydrogens (tertiary/aromatic N) is 1. The van der Waals surface area contributed by atoms with Gasteiger partial charge in [-0.15, -0.1) is 0 Å². The molecular weight excluding hydrogens is 262 g/mol. The predicted molar refractivity (Wildman–Crippen MR) is 82.9 cm³/mol. The molecule has 1 aliphatic carbocycles. The maximum atomic E-state index is 12.7. The Morgan fingerprint density at radius 3 is 2.14 bits per heavy atom. The molecule has 3 heteroatoms. The number of carbonyl (C=O) groups is 2. The minimum Gasteiger partial charge on any atom is -0.274 e. The maximum Gasteiger partial charge on any atom is 0.237 e. The third-order valence-electron chi connectivity index (χ3n) is 4.91. The van der Waals surface area contributed by atoms with Gasteiger partial charge in [0, 0.05) is 6.42 Å². The molecule has 2 aliphatic rings. The second kappa shape index (κ2) is 6.42. The first kappa shape index (κ1) is 14.3. The lowest BCUT2D eigenvalue weighted by atomic mass is 9.81. The molecule has 2 amide bonds. The van der Waals surface area contributed by atoms with Crippen molar-refractivity contribution in [2.75, 3.05) is 4.90 Å². The zero-order valence-electron chi connectivity index (χ0n) is 12.5. The van der Waals surface area contributed by atoms with Gasteiger partial charge in [-0.2, -0.15) is 0 Å². The fraction of sp³-hybridized carbons (Fsp3) is 0.556. The molecule has 1 unspecified atom stereocenters. The van der Waals surface area contributed by atoms with Crippen molar-refractivity contribution in [1.29, 1.82) is 0 Å². The van der Waals surface area contributed by atoms with E-state index in [1.165, 1.54) is 37.0 Å². The van der Waals surface area contributed by atoms with Crippen molar-refractivity contribution >= 4 is 17.5 Å². The van der Waals surface area contributed by atoms with Crippen molar-refractivity contribution in [3.63, 3.8) is 0 Å². The van der Waals surface area contributed by atoms with Crippen molar-refractivity contribution in [3.05, 3.63) is 30.3 Å². The highest BCUT2D eigenvalue weighted by Gasteiger charge is 2.43.